The lowest BCUT2D eigenvalue weighted by Gasteiger charge is -2.43. The van der Waals surface area contributed by atoms with E-state index >= 15 is 0 Å². The number of amides is 1. The monoisotopic (exact) mass is 334 g/mol. The zero-order valence-corrected chi connectivity index (χ0v) is 13.5. The molecule has 1 aromatic carbocycles. The molecular formula is C17H19ClN2O3. The topological polar surface area (TPSA) is 54.6 Å². The number of aromatic amines is 1. The lowest BCUT2D eigenvalue weighted by Crippen LogP contribution is -2.57. The number of ether oxygens (including phenoxy) is 2. The number of nitrogens with one attached hydrogen (secondary N) is 1. The molecule has 0 aliphatic carbocycles. The maximum atomic E-state index is 12.8. The van der Waals surface area contributed by atoms with Crippen LogP contribution in [0.3, 0.4) is 0 Å². The number of halogens is 1. The molecule has 0 saturated carbocycles. The maximum absolute atomic E-state index is 12.8. The zero-order chi connectivity index (χ0) is 15.8. The molecule has 2 aromatic rings. The summed E-state index contributed by atoms with van der Waals surface area (Å²) >= 11 is 6.30. The Hall–Kier alpha value is -1.56. The van der Waals surface area contributed by atoms with E-state index in [2.05, 4.69) is 4.98 Å². The Balaban J connectivity index is 1.57. The molecule has 2 aliphatic rings. The van der Waals surface area contributed by atoms with E-state index in [1.54, 1.807) is 0 Å². The summed E-state index contributed by atoms with van der Waals surface area (Å²) < 4.78 is 11.2. The second-order valence-corrected chi connectivity index (χ2v) is 6.49. The fourth-order valence-electron chi connectivity index (χ4n) is 3.61. The van der Waals surface area contributed by atoms with Gasteiger partial charge in [0.05, 0.1) is 30.7 Å². The first-order valence-corrected chi connectivity index (χ1v) is 8.35. The van der Waals surface area contributed by atoms with Crippen LogP contribution in [0.2, 0.25) is 5.02 Å². The molecule has 0 unspecified atom stereocenters. The second kappa shape index (κ2) is 6.15. The number of carbonyl (C=O) groups is 1. The molecule has 23 heavy (non-hydrogen) atoms. The number of carbonyl (C=O) groups excluding carboxylic acids is 1. The number of H-pyrrole nitrogens is 1. The number of morpholine rings is 1. The van der Waals surface area contributed by atoms with E-state index in [0.717, 1.165) is 22.9 Å². The van der Waals surface area contributed by atoms with Gasteiger partial charge >= 0.3 is 0 Å². The van der Waals surface area contributed by atoms with Crippen LogP contribution in [0.1, 0.15) is 12.0 Å². The predicted molar refractivity (Wildman–Crippen MR) is 87.7 cm³/mol. The van der Waals surface area contributed by atoms with Crippen molar-refractivity contribution in [2.75, 3.05) is 26.4 Å². The van der Waals surface area contributed by atoms with E-state index in [-0.39, 0.29) is 18.1 Å². The molecule has 1 aromatic heterocycles. The number of fused-ring (bicyclic) bond motifs is 2. The van der Waals surface area contributed by atoms with Crippen LogP contribution in [0.5, 0.6) is 0 Å². The van der Waals surface area contributed by atoms with Gasteiger partial charge in [-0.3, -0.25) is 4.79 Å². The normalized spacial score (nSPS) is 24.7. The van der Waals surface area contributed by atoms with Crippen molar-refractivity contribution >= 4 is 28.4 Å². The molecule has 5 nitrogen and oxygen atoms in total. The first-order chi connectivity index (χ1) is 11.2. The Bertz CT molecular complexity index is 728. The van der Waals surface area contributed by atoms with E-state index in [4.69, 9.17) is 21.1 Å². The summed E-state index contributed by atoms with van der Waals surface area (Å²) in [5.74, 6) is 0.131. The van der Waals surface area contributed by atoms with E-state index < -0.39 is 0 Å². The van der Waals surface area contributed by atoms with E-state index in [1.165, 1.54) is 0 Å². The minimum atomic E-state index is 0.00741. The molecule has 4 rings (SSSR count). The van der Waals surface area contributed by atoms with Gasteiger partial charge in [0.25, 0.3) is 0 Å². The number of aromatic nitrogens is 1. The van der Waals surface area contributed by atoms with Gasteiger partial charge in [-0.05, 0) is 24.1 Å². The van der Waals surface area contributed by atoms with Crippen LogP contribution in [-0.4, -0.2) is 54.3 Å². The minimum absolute atomic E-state index is 0.00741. The number of nitrogens with zero attached hydrogens (tertiary/aromatic N) is 1. The van der Waals surface area contributed by atoms with Gasteiger partial charge in [-0.15, -0.1) is 0 Å². The number of rotatable bonds is 2. The van der Waals surface area contributed by atoms with Crippen LogP contribution in [-0.2, 0) is 20.7 Å². The first-order valence-electron chi connectivity index (χ1n) is 7.97. The van der Waals surface area contributed by atoms with Crippen LogP contribution < -0.4 is 0 Å². The van der Waals surface area contributed by atoms with Crippen LogP contribution in [0.15, 0.2) is 24.4 Å². The SMILES string of the molecule is O=C(Cc1c[nH]c2cccc(Cl)c12)N1CCO[C@@H]2COCC[C@@H]21. The Morgan fingerprint density at radius 2 is 2.30 bits per heavy atom. The lowest BCUT2D eigenvalue weighted by atomic mass is 10.0. The molecule has 1 N–H and O–H groups in total. The predicted octanol–water partition coefficient (Wildman–Crippen LogP) is 2.38. The van der Waals surface area contributed by atoms with Crippen molar-refractivity contribution < 1.29 is 14.3 Å². The van der Waals surface area contributed by atoms with Gasteiger partial charge in [0.2, 0.25) is 5.91 Å². The highest BCUT2D eigenvalue weighted by Gasteiger charge is 2.37. The van der Waals surface area contributed by atoms with E-state index in [9.17, 15) is 4.79 Å². The molecule has 0 spiro atoms. The van der Waals surface area contributed by atoms with Gasteiger partial charge in [-0.25, -0.2) is 0 Å². The Kier molecular flexibility index (Phi) is 4.01. The van der Waals surface area contributed by atoms with Gasteiger partial charge < -0.3 is 19.4 Å². The quantitative estimate of drug-likeness (QED) is 0.917. The van der Waals surface area contributed by atoms with Crippen LogP contribution in [0.4, 0.5) is 0 Å². The standard InChI is InChI=1S/C17H19ClN2O3/c18-12-2-1-3-13-17(12)11(9-19-13)8-16(21)20-5-7-23-15-10-22-6-4-14(15)20/h1-3,9,14-15,19H,4-8,10H2/t14-,15+/m0/s1. The number of benzene rings is 1. The highest BCUT2D eigenvalue weighted by molar-refractivity contribution is 6.35. The Morgan fingerprint density at radius 3 is 3.22 bits per heavy atom. The molecule has 122 valence electrons. The molecule has 2 saturated heterocycles. The van der Waals surface area contributed by atoms with Gasteiger partial charge in [0, 0.05) is 30.3 Å². The molecule has 2 atom stereocenters. The van der Waals surface area contributed by atoms with Crippen LogP contribution in [0.25, 0.3) is 10.9 Å². The lowest BCUT2D eigenvalue weighted by molar-refractivity contribution is -0.161. The summed E-state index contributed by atoms with van der Waals surface area (Å²) in [6, 6.07) is 5.86. The summed E-state index contributed by atoms with van der Waals surface area (Å²) in [4.78, 5) is 18.0. The van der Waals surface area contributed by atoms with Gasteiger partial charge in [-0.2, -0.15) is 0 Å². The third-order valence-corrected chi connectivity index (χ3v) is 5.05. The fourth-order valence-corrected chi connectivity index (χ4v) is 3.90. The van der Waals surface area contributed by atoms with Crippen molar-refractivity contribution in [1.82, 2.24) is 9.88 Å². The van der Waals surface area contributed by atoms with Crippen molar-refractivity contribution in [2.24, 2.45) is 0 Å². The van der Waals surface area contributed by atoms with Crippen molar-refractivity contribution in [2.45, 2.75) is 25.0 Å². The Morgan fingerprint density at radius 1 is 1.39 bits per heavy atom. The molecular weight excluding hydrogens is 316 g/mol. The average molecular weight is 335 g/mol. The molecule has 2 fully saturated rings. The van der Waals surface area contributed by atoms with E-state index in [0.29, 0.717) is 37.8 Å². The van der Waals surface area contributed by atoms with Crippen molar-refractivity contribution in [3.63, 3.8) is 0 Å². The maximum Gasteiger partial charge on any atom is 0.227 e. The third kappa shape index (κ3) is 2.73. The number of hydrogen-bond acceptors (Lipinski definition) is 3. The second-order valence-electron chi connectivity index (χ2n) is 6.08. The summed E-state index contributed by atoms with van der Waals surface area (Å²) in [7, 11) is 0. The molecule has 0 bridgehead atoms. The van der Waals surface area contributed by atoms with E-state index in [1.807, 2.05) is 29.3 Å². The van der Waals surface area contributed by atoms with Crippen molar-refractivity contribution in [3.05, 3.63) is 35.0 Å². The van der Waals surface area contributed by atoms with Gasteiger partial charge in [0.1, 0.15) is 6.10 Å². The average Bonchev–Trinajstić information content (AvgIpc) is 2.98. The summed E-state index contributed by atoms with van der Waals surface area (Å²) in [6.07, 6.45) is 3.09. The largest absolute Gasteiger partial charge is 0.379 e. The fraction of sp³-hybridized carbons (Fsp3) is 0.471. The highest BCUT2D eigenvalue weighted by Crippen LogP contribution is 2.28. The van der Waals surface area contributed by atoms with Gasteiger partial charge in [0.15, 0.2) is 0 Å². The minimum Gasteiger partial charge on any atom is -0.379 e. The molecule has 6 heteroatoms. The van der Waals surface area contributed by atoms with Crippen LogP contribution >= 0.6 is 11.6 Å². The zero-order valence-electron chi connectivity index (χ0n) is 12.8. The summed E-state index contributed by atoms with van der Waals surface area (Å²) in [5, 5.41) is 1.62. The smallest absolute Gasteiger partial charge is 0.227 e. The summed E-state index contributed by atoms with van der Waals surface area (Å²) in [6.45, 7) is 2.49. The molecule has 1 amide bonds. The van der Waals surface area contributed by atoms with Gasteiger partial charge in [-0.1, -0.05) is 17.7 Å². The molecule has 0 radical (unpaired) electrons. The van der Waals surface area contributed by atoms with Crippen molar-refractivity contribution in [3.8, 4) is 0 Å². The third-order valence-electron chi connectivity index (χ3n) is 4.73. The van der Waals surface area contributed by atoms with Crippen LogP contribution in [0, 0.1) is 0 Å². The summed E-state index contributed by atoms with van der Waals surface area (Å²) in [5.41, 5.74) is 1.91. The molecule has 3 heterocycles. The first kappa shape index (κ1) is 15.0. The Labute approximate surface area is 139 Å². The highest BCUT2D eigenvalue weighted by atomic mass is 35.5. The molecule has 2 aliphatic heterocycles. The van der Waals surface area contributed by atoms with Crippen molar-refractivity contribution in [1.29, 1.82) is 0 Å². The number of hydrogen-bond donors (Lipinski definition) is 1.